The van der Waals surface area contributed by atoms with Crippen molar-refractivity contribution in [2.24, 2.45) is 14.1 Å². The van der Waals surface area contributed by atoms with E-state index in [0.29, 0.717) is 5.92 Å². The van der Waals surface area contributed by atoms with Crippen molar-refractivity contribution in [2.45, 2.75) is 33.6 Å². The molecule has 0 aromatic carbocycles. The number of hydrogen-bond acceptors (Lipinski definition) is 0. The number of rotatable bonds is 1. The molecule has 0 unspecified atom stereocenters. The van der Waals surface area contributed by atoms with Crippen LogP contribution in [-0.4, -0.2) is 4.57 Å². The van der Waals surface area contributed by atoms with Crippen molar-refractivity contribution in [2.75, 3.05) is 0 Å². The van der Waals surface area contributed by atoms with E-state index in [0.717, 1.165) is 0 Å². The van der Waals surface area contributed by atoms with Gasteiger partial charge in [0.2, 0.25) is 0 Å². The van der Waals surface area contributed by atoms with Crippen molar-refractivity contribution >= 4 is 0 Å². The molecule has 2 nitrogen and oxygen atoms in total. The highest BCUT2D eigenvalue weighted by Gasteiger charge is 2.22. The molecule has 0 N–H and O–H groups in total. The zero-order valence-corrected chi connectivity index (χ0v) is 8.97. The predicted molar refractivity (Wildman–Crippen MR) is 50.2 cm³/mol. The summed E-state index contributed by atoms with van der Waals surface area (Å²) < 4.78 is 4.56. The third-order valence-electron chi connectivity index (χ3n) is 2.73. The molecule has 0 bridgehead atoms. The van der Waals surface area contributed by atoms with Crippen LogP contribution in [0.25, 0.3) is 0 Å². The fourth-order valence-corrected chi connectivity index (χ4v) is 1.83. The summed E-state index contributed by atoms with van der Waals surface area (Å²) in [6.45, 7) is 8.80. The highest BCUT2D eigenvalue weighted by molar-refractivity contribution is 5.07. The molecule has 1 aromatic rings. The summed E-state index contributed by atoms with van der Waals surface area (Å²) in [6.07, 6.45) is 0. The van der Waals surface area contributed by atoms with E-state index in [1.165, 1.54) is 17.2 Å². The lowest BCUT2D eigenvalue weighted by Gasteiger charge is -2.01. The third-order valence-corrected chi connectivity index (χ3v) is 2.73. The van der Waals surface area contributed by atoms with Gasteiger partial charge in [0.05, 0.1) is 20.0 Å². The minimum atomic E-state index is 0.590. The molecule has 68 valence electrons. The smallest absolute Gasteiger partial charge is 0.234 e. The first-order chi connectivity index (χ1) is 5.46. The van der Waals surface area contributed by atoms with Gasteiger partial charge in [0.25, 0.3) is 5.82 Å². The Morgan fingerprint density at radius 2 is 1.75 bits per heavy atom. The molecule has 1 aromatic heterocycles. The van der Waals surface area contributed by atoms with Crippen LogP contribution in [0.3, 0.4) is 0 Å². The van der Waals surface area contributed by atoms with Gasteiger partial charge in [0.15, 0.2) is 0 Å². The highest BCUT2D eigenvalue weighted by atomic mass is 15.2. The Balaban J connectivity index is 3.38. The Kier molecular flexibility index (Phi) is 2.27. The Hall–Kier alpha value is -0.790. The third kappa shape index (κ3) is 1.15. The van der Waals surface area contributed by atoms with E-state index in [2.05, 4.69) is 50.9 Å². The lowest BCUT2D eigenvalue weighted by Crippen LogP contribution is -2.35. The largest absolute Gasteiger partial charge is 0.258 e. The summed E-state index contributed by atoms with van der Waals surface area (Å²) in [5, 5.41) is 0. The van der Waals surface area contributed by atoms with Crippen molar-refractivity contribution in [3.8, 4) is 0 Å². The van der Waals surface area contributed by atoms with Crippen molar-refractivity contribution in [1.82, 2.24) is 4.57 Å². The fraction of sp³-hybridized carbons (Fsp3) is 0.700. The normalized spacial score (nSPS) is 11.2. The molecular formula is C10H19N2+. The maximum atomic E-state index is 2.28. The van der Waals surface area contributed by atoms with Gasteiger partial charge < -0.3 is 0 Å². The number of aromatic nitrogens is 2. The molecule has 0 saturated carbocycles. The van der Waals surface area contributed by atoms with Crippen LogP contribution in [0.5, 0.6) is 0 Å². The standard InChI is InChI=1S/C10H19N2/c1-7(2)10-11(5)8(3)9(4)12(10)6/h7H,1-6H3/q+1. The average molecular weight is 167 g/mol. The first-order valence-corrected chi connectivity index (χ1v) is 4.48. The minimum Gasteiger partial charge on any atom is -0.234 e. The first-order valence-electron chi connectivity index (χ1n) is 4.48. The summed E-state index contributed by atoms with van der Waals surface area (Å²) in [7, 11) is 4.27. The zero-order valence-electron chi connectivity index (χ0n) is 8.97. The number of imidazole rings is 1. The lowest BCUT2D eigenvalue weighted by atomic mass is 10.2. The van der Waals surface area contributed by atoms with Crippen molar-refractivity contribution in [1.29, 1.82) is 0 Å². The topological polar surface area (TPSA) is 8.81 Å². The van der Waals surface area contributed by atoms with Crippen LogP contribution in [0.1, 0.15) is 37.0 Å². The fourth-order valence-electron chi connectivity index (χ4n) is 1.83. The zero-order chi connectivity index (χ0) is 9.46. The van der Waals surface area contributed by atoms with Gasteiger partial charge in [-0.05, 0) is 0 Å². The molecule has 0 spiro atoms. The summed E-state index contributed by atoms with van der Waals surface area (Å²) in [6, 6.07) is 0. The van der Waals surface area contributed by atoms with E-state index in [1.54, 1.807) is 0 Å². The monoisotopic (exact) mass is 167 g/mol. The van der Waals surface area contributed by atoms with Crippen LogP contribution >= 0.6 is 0 Å². The summed E-state index contributed by atoms with van der Waals surface area (Å²) in [4.78, 5) is 0. The Morgan fingerprint density at radius 1 is 1.25 bits per heavy atom. The van der Waals surface area contributed by atoms with E-state index in [1.807, 2.05) is 0 Å². The number of nitrogens with zero attached hydrogens (tertiary/aromatic N) is 2. The van der Waals surface area contributed by atoms with Crippen LogP contribution in [0.15, 0.2) is 0 Å². The summed E-state index contributed by atoms with van der Waals surface area (Å²) in [5.41, 5.74) is 2.72. The predicted octanol–water partition coefficient (Wildman–Crippen LogP) is 1.59. The summed E-state index contributed by atoms with van der Waals surface area (Å²) >= 11 is 0. The van der Waals surface area contributed by atoms with E-state index in [4.69, 9.17) is 0 Å². The minimum absolute atomic E-state index is 0.590. The van der Waals surface area contributed by atoms with E-state index in [-0.39, 0.29) is 0 Å². The van der Waals surface area contributed by atoms with Crippen molar-refractivity contribution in [3.05, 3.63) is 17.2 Å². The Morgan fingerprint density at radius 3 is 1.92 bits per heavy atom. The van der Waals surface area contributed by atoms with Crippen molar-refractivity contribution in [3.63, 3.8) is 0 Å². The summed E-state index contributed by atoms with van der Waals surface area (Å²) in [5.74, 6) is 1.98. The second-order valence-corrected chi connectivity index (χ2v) is 3.80. The lowest BCUT2D eigenvalue weighted by molar-refractivity contribution is -0.685. The van der Waals surface area contributed by atoms with Crippen molar-refractivity contribution < 1.29 is 4.57 Å². The van der Waals surface area contributed by atoms with Gasteiger partial charge in [-0.2, -0.15) is 0 Å². The highest BCUT2D eigenvalue weighted by Crippen LogP contribution is 2.13. The molecule has 0 aliphatic carbocycles. The molecule has 0 saturated heterocycles. The molecule has 1 heterocycles. The van der Waals surface area contributed by atoms with Gasteiger partial charge in [0.1, 0.15) is 11.4 Å². The van der Waals surface area contributed by atoms with E-state index in [9.17, 15) is 0 Å². The maximum Gasteiger partial charge on any atom is 0.258 e. The average Bonchev–Trinajstić information content (AvgIpc) is 2.16. The Labute approximate surface area is 74.8 Å². The molecular weight excluding hydrogens is 148 g/mol. The van der Waals surface area contributed by atoms with E-state index < -0.39 is 0 Å². The second kappa shape index (κ2) is 2.92. The maximum absolute atomic E-state index is 2.28. The van der Waals surface area contributed by atoms with Crippen LogP contribution in [0.2, 0.25) is 0 Å². The van der Waals surface area contributed by atoms with Gasteiger partial charge in [-0.15, -0.1) is 0 Å². The second-order valence-electron chi connectivity index (χ2n) is 3.80. The number of hydrogen-bond donors (Lipinski definition) is 0. The molecule has 0 fully saturated rings. The first kappa shape index (κ1) is 9.30. The molecule has 0 amide bonds. The van der Waals surface area contributed by atoms with Crippen LogP contribution < -0.4 is 4.57 Å². The van der Waals surface area contributed by atoms with Crippen LogP contribution in [0.4, 0.5) is 0 Å². The van der Waals surface area contributed by atoms with Gasteiger partial charge >= 0.3 is 0 Å². The van der Waals surface area contributed by atoms with Gasteiger partial charge in [-0.3, -0.25) is 0 Å². The quantitative estimate of drug-likeness (QED) is 0.562. The van der Waals surface area contributed by atoms with Crippen LogP contribution in [0, 0.1) is 13.8 Å². The van der Waals surface area contributed by atoms with Crippen LogP contribution in [-0.2, 0) is 14.1 Å². The molecule has 12 heavy (non-hydrogen) atoms. The van der Waals surface area contributed by atoms with Gasteiger partial charge in [0, 0.05) is 13.8 Å². The van der Waals surface area contributed by atoms with Gasteiger partial charge in [-0.25, -0.2) is 9.13 Å². The molecule has 2 heteroatoms. The SMILES string of the molecule is Cc1c(C)[n+](C)c(C(C)C)n1C. The molecule has 0 aliphatic heterocycles. The molecule has 0 radical (unpaired) electrons. The molecule has 0 aliphatic rings. The Bertz CT molecular complexity index is 270. The molecule has 0 atom stereocenters. The van der Waals surface area contributed by atoms with E-state index >= 15 is 0 Å². The molecule has 1 rings (SSSR count). The van der Waals surface area contributed by atoms with Gasteiger partial charge in [-0.1, -0.05) is 13.8 Å².